The minimum absolute atomic E-state index is 0.215. The fourth-order valence-corrected chi connectivity index (χ4v) is 1.68. The molecule has 0 aliphatic carbocycles. The summed E-state index contributed by atoms with van der Waals surface area (Å²) < 4.78 is 15.6. The summed E-state index contributed by atoms with van der Waals surface area (Å²) in [5.41, 5.74) is -0.215. The van der Waals surface area contributed by atoms with Gasteiger partial charge in [0.2, 0.25) is 0 Å². The van der Waals surface area contributed by atoms with E-state index in [4.69, 9.17) is 14.2 Å². The summed E-state index contributed by atoms with van der Waals surface area (Å²) in [5.74, 6) is 0. The highest BCUT2D eigenvalue weighted by atomic mass is 16.5. The molecule has 1 aliphatic heterocycles. The number of hydrogen-bond donors (Lipinski definition) is 2. The number of aliphatic hydroxyl groups is 1. The van der Waals surface area contributed by atoms with Gasteiger partial charge in [-0.15, -0.1) is 0 Å². The van der Waals surface area contributed by atoms with E-state index < -0.39 is 6.10 Å². The molecule has 0 spiro atoms. The molecule has 1 heterocycles. The van der Waals surface area contributed by atoms with Crippen LogP contribution in [0.4, 0.5) is 0 Å². The average Bonchev–Trinajstić information content (AvgIpc) is 2.68. The number of methoxy groups -OCH3 is 2. The van der Waals surface area contributed by atoms with Crippen LogP contribution in [-0.4, -0.2) is 63.9 Å². The van der Waals surface area contributed by atoms with Crippen molar-refractivity contribution in [2.24, 2.45) is 0 Å². The molecule has 1 aliphatic rings. The van der Waals surface area contributed by atoms with E-state index in [1.54, 1.807) is 14.2 Å². The zero-order chi connectivity index (χ0) is 11.1. The van der Waals surface area contributed by atoms with E-state index >= 15 is 0 Å². The summed E-state index contributed by atoms with van der Waals surface area (Å²) in [6.45, 7) is 2.93. The van der Waals surface area contributed by atoms with E-state index in [9.17, 15) is 5.11 Å². The van der Waals surface area contributed by atoms with Crippen LogP contribution < -0.4 is 5.32 Å². The lowest BCUT2D eigenvalue weighted by Gasteiger charge is -2.26. The normalized spacial score (nSPS) is 28.2. The van der Waals surface area contributed by atoms with Crippen LogP contribution in [0.15, 0.2) is 0 Å². The standard InChI is InChI=1S/C10H21NO4/c1-13-6-9(12)5-11-7-10(14-2)3-4-15-8-10/h9,11-12H,3-8H2,1-2H3. The molecule has 0 amide bonds. The molecule has 2 atom stereocenters. The van der Waals surface area contributed by atoms with Gasteiger partial charge in [0, 0.05) is 40.3 Å². The number of ether oxygens (including phenoxy) is 3. The number of hydrogen-bond acceptors (Lipinski definition) is 5. The molecule has 0 saturated carbocycles. The molecule has 0 bridgehead atoms. The van der Waals surface area contributed by atoms with Gasteiger partial charge in [-0.25, -0.2) is 0 Å². The Labute approximate surface area is 90.7 Å². The lowest BCUT2D eigenvalue weighted by Crippen LogP contribution is -2.45. The minimum atomic E-state index is -0.466. The van der Waals surface area contributed by atoms with Gasteiger partial charge in [0.15, 0.2) is 0 Å². The van der Waals surface area contributed by atoms with Crippen LogP contribution in [0.3, 0.4) is 0 Å². The molecule has 5 heteroatoms. The largest absolute Gasteiger partial charge is 0.389 e. The molecule has 1 fully saturated rings. The van der Waals surface area contributed by atoms with Gasteiger partial charge in [-0.1, -0.05) is 0 Å². The molecule has 0 aromatic rings. The van der Waals surface area contributed by atoms with Gasteiger partial charge in [0.1, 0.15) is 5.60 Å². The topological polar surface area (TPSA) is 60.0 Å². The summed E-state index contributed by atoms with van der Waals surface area (Å²) >= 11 is 0. The SMILES string of the molecule is COCC(O)CNCC1(OC)CCOC1. The monoisotopic (exact) mass is 219 g/mol. The maximum absolute atomic E-state index is 9.42. The Morgan fingerprint density at radius 2 is 2.33 bits per heavy atom. The first-order valence-corrected chi connectivity index (χ1v) is 5.23. The molecular formula is C10H21NO4. The maximum atomic E-state index is 9.42. The first kappa shape index (κ1) is 12.9. The first-order valence-electron chi connectivity index (χ1n) is 5.23. The fourth-order valence-electron chi connectivity index (χ4n) is 1.68. The summed E-state index contributed by atoms with van der Waals surface area (Å²) in [6, 6.07) is 0. The first-order chi connectivity index (χ1) is 7.22. The van der Waals surface area contributed by atoms with E-state index in [1.807, 2.05) is 0 Å². The van der Waals surface area contributed by atoms with Crippen LogP contribution in [0.5, 0.6) is 0 Å². The van der Waals surface area contributed by atoms with Gasteiger partial charge < -0.3 is 24.6 Å². The third kappa shape index (κ3) is 4.04. The van der Waals surface area contributed by atoms with Crippen molar-refractivity contribution >= 4 is 0 Å². The third-order valence-electron chi connectivity index (χ3n) is 2.69. The van der Waals surface area contributed by atoms with Crippen LogP contribution in [0.25, 0.3) is 0 Å². The van der Waals surface area contributed by atoms with Crippen molar-refractivity contribution in [3.63, 3.8) is 0 Å². The predicted molar refractivity (Wildman–Crippen MR) is 55.9 cm³/mol. The highest BCUT2D eigenvalue weighted by molar-refractivity contribution is 4.87. The molecule has 1 rings (SSSR count). The molecular weight excluding hydrogens is 198 g/mol. The van der Waals surface area contributed by atoms with E-state index in [0.717, 1.165) is 13.0 Å². The smallest absolute Gasteiger partial charge is 0.106 e. The zero-order valence-corrected chi connectivity index (χ0v) is 9.49. The Bertz CT molecular complexity index is 171. The van der Waals surface area contributed by atoms with Crippen molar-refractivity contribution < 1.29 is 19.3 Å². The van der Waals surface area contributed by atoms with Crippen molar-refractivity contribution in [3.05, 3.63) is 0 Å². The van der Waals surface area contributed by atoms with Crippen LogP contribution in [-0.2, 0) is 14.2 Å². The van der Waals surface area contributed by atoms with Crippen LogP contribution in [0.1, 0.15) is 6.42 Å². The average molecular weight is 219 g/mol. The molecule has 1 saturated heterocycles. The lowest BCUT2D eigenvalue weighted by molar-refractivity contribution is -0.0188. The van der Waals surface area contributed by atoms with Crippen molar-refractivity contribution in [2.45, 2.75) is 18.1 Å². The van der Waals surface area contributed by atoms with Crippen molar-refractivity contribution in [1.29, 1.82) is 0 Å². The molecule has 2 N–H and O–H groups in total. The van der Waals surface area contributed by atoms with Gasteiger partial charge >= 0.3 is 0 Å². The highest BCUT2D eigenvalue weighted by Crippen LogP contribution is 2.21. The molecule has 2 unspecified atom stereocenters. The Morgan fingerprint density at radius 3 is 2.87 bits per heavy atom. The molecule has 90 valence electrons. The van der Waals surface area contributed by atoms with E-state index in [2.05, 4.69) is 5.32 Å². The quantitative estimate of drug-likeness (QED) is 0.598. The Morgan fingerprint density at radius 1 is 1.53 bits per heavy atom. The summed E-state index contributed by atoms with van der Waals surface area (Å²) in [4.78, 5) is 0. The molecule has 0 radical (unpaired) electrons. The molecule has 5 nitrogen and oxygen atoms in total. The third-order valence-corrected chi connectivity index (χ3v) is 2.69. The molecule has 15 heavy (non-hydrogen) atoms. The summed E-state index contributed by atoms with van der Waals surface area (Å²) in [5, 5.41) is 12.6. The Kier molecular flexibility index (Phi) is 5.49. The van der Waals surface area contributed by atoms with Crippen molar-refractivity contribution in [3.8, 4) is 0 Å². The second-order valence-electron chi connectivity index (χ2n) is 3.93. The Balaban J connectivity index is 2.17. The predicted octanol–water partition coefficient (Wildman–Crippen LogP) is -0.611. The van der Waals surface area contributed by atoms with Gasteiger partial charge in [0.25, 0.3) is 0 Å². The molecule has 0 aromatic carbocycles. The van der Waals surface area contributed by atoms with Gasteiger partial charge in [-0.05, 0) is 0 Å². The van der Waals surface area contributed by atoms with E-state index in [-0.39, 0.29) is 5.60 Å². The van der Waals surface area contributed by atoms with E-state index in [1.165, 1.54) is 0 Å². The van der Waals surface area contributed by atoms with Gasteiger partial charge in [-0.3, -0.25) is 0 Å². The maximum Gasteiger partial charge on any atom is 0.106 e. The lowest BCUT2D eigenvalue weighted by atomic mass is 10.0. The van der Waals surface area contributed by atoms with Crippen LogP contribution in [0.2, 0.25) is 0 Å². The molecule has 0 aromatic heterocycles. The number of aliphatic hydroxyl groups excluding tert-OH is 1. The number of nitrogens with one attached hydrogen (secondary N) is 1. The zero-order valence-electron chi connectivity index (χ0n) is 9.49. The Hall–Kier alpha value is -0.200. The second-order valence-corrected chi connectivity index (χ2v) is 3.93. The van der Waals surface area contributed by atoms with Crippen molar-refractivity contribution in [1.82, 2.24) is 5.32 Å². The second kappa shape index (κ2) is 6.40. The summed E-state index contributed by atoms with van der Waals surface area (Å²) in [7, 11) is 3.27. The van der Waals surface area contributed by atoms with Crippen LogP contribution >= 0.6 is 0 Å². The van der Waals surface area contributed by atoms with Gasteiger partial charge in [0.05, 0.1) is 19.3 Å². The van der Waals surface area contributed by atoms with Gasteiger partial charge in [-0.2, -0.15) is 0 Å². The van der Waals surface area contributed by atoms with E-state index in [0.29, 0.717) is 26.3 Å². The van der Waals surface area contributed by atoms with Crippen LogP contribution in [0, 0.1) is 0 Å². The number of rotatable bonds is 7. The summed E-state index contributed by atoms with van der Waals surface area (Å²) in [6.07, 6.45) is 0.433. The van der Waals surface area contributed by atoms with Crippen molar-refractivity contribution in [2.75, 3.05) is 47.1 Å². The minimum Gasteiger partial charge on any atom is -0.389 e. The fraction of sp³-hybridized carbons (Fsp3) is 1.00. The highest BCUT2D eigenvalue weighted by Gasteiger charge is 2.34.